The lowest BCUT2D eigenvalue weighted by atomic mass is 10.0. The zero-order valence-electron chi connectivity index (χ0n) is 7.27. The van der Waals surface area contributed by atoms with Gasteiger partial charge in [0.05, 0.1) is 12.2 Å². The van der Waals surface area contributed by atoms with Crippen LogP contribution < -0.4 is 0 Å². The third kappa shape index (κ3) is 2.07. The maximum atomic E-state index is 13.2. The molecule has 0 radical (unpaired) electrons. The van der Waals surface area contributed by atoms with Crippen LogP contribution in [0.2, 0.25) is 0 Å². The van der Waals surface area contributed by atoms with E-state index in [4.69, 9.17) is 10.4 Å². The second kappa shape index (κ2) is 3.87. The Kier molecular flexibility index (Phi) is 2.95. The van der Waals surface area contributed by atoms with Crippen LogP contribution in [0.1, 0.15) is 16.7 Å². The van der Waals surface area contributed by atoms with Crippen LogP contribution in [0.3, 0.4) is 0 Å². The molecule has 0 saturated heterocycles. The molecule has 0 amide bonds. The lowest BCUT2D eigenvalue weighted by Crippen LogP contribution is -2.10. The first-order valence-corrected chi connectivity index (χ1v) is 3.81. The van der Waals surface area contributed by atoms with Gasteiger partial charge in [-0.3, -0.25) is 0 Å². The number of benzene rings is 1. The summed E-state index contributed by atoms with van der Waals surface area (Å²) < 4.78 is 50.0. The largest absolute Gasteiger partial charge is 0.417 e. The molecule has 0 atom stereocenters. The first-order chi connectivity index (χ1) is 6.91. The Balaban J connectivity index is 3.47. The van der Waals surface area contributed by atoms with E-state index in [0.29, 0.717) is 6.07 Å². The molecule has 0 fully saturated rings. The zero-order valence-corrected chi connectivity index (χ0v) is 7.27. The fourth-order valence-corrected chi connectivity index (χ4v) is 1.09. The van der Waals surface area contributed by atoms with Gasteiger partial charge in [0, 0.05) is 5.56 Å². The van der Waals surface area contributed by atoms with Gasteiger partial charge in [-0.1, -0.05) is 6.07 Å². The van der Waals surface area contributed by atoms with Crippen LogP contribution in [0.25, 0.3) is 0 Å². The predicted octanol–water partition coefficient (Wildman–Crippen LogP) is 2.21. The summed E-state index contributed by atoms with van der Waals surface area (Å²) in [6, 6.07) is 2.52. The van der Waals surface area contributed by atoms with E-state index in [1.54, 1.807) is 0 Å². The van der Waals surface area contributed by atoms with Crippen molar-refractivity contribution in [2.24, 2.45) is 0 Å². The molecule has 1 aromatic carbocycles. The molecule has 0 heterocycles. The highest BCUT2D eigenvalue weighted by Gasteiger charge is 2.35. The number of aliphatic hydroxyl groups is 1. The first-order valence-electron chi connectivity index (χ1n) is 3.81. The summed E-state index contributed by atoms with van der Waals surface area (Å²) in [5.41, 5.74) is -2.76. The van der Waals surface area contributed by atoms with Gasteiger partial charge >= 0.3 is 6.18 Å². The van der Waals surface area contributed by atoms with Crippen LogP contribution >= 0.6 is 0 Å². The van der Waals surface area contributed by atoms with E-state index in [1.807, 2.05) is 0 Å². The molecule has 1 N–H and O–H groups in total. The Morgan fingerprint density at radius 3 is 2.33 bits per heavy atom. The quantitative estimate of drug-likeness (QED) is 0.736. The standard InChI is InChI=1S/C9H5F4NO/c10-8-5(4-15)1-2-7(6(8)3-14)9(11,12)13/h1-2,15H,4H2. The minimum atomic E-state index is -4.78. The predicted molar refractivity (Wildman–Crippen MR) is 42.0 cm³/mol. The molecule has 80 valence electrons. The summed E-state index contributed by atoms with van der Waals surface area (Å²) in [5.74, 6) is -1.32. The monoisotopic (exact) mass is 219 g/mol. The van der Waals surface area contributed by atoms with E-state index in [9.17, 15) is 17.6 Å². The molecule has 0 aliphatic heterocycles. The SMILES string of the molecule is N#Cc1c(C(F)(F)F)ccc(CO)c1F. The summed E-state index contributed by atoms with van der Waals surface area (Å²) in [5, 5.41) is 17.0. The number of hydrogen-bond donors (Lipinski definition) is 1. The third-order valence-corrected chi connectivity index (χ3v) is 1.81. The molecule has 0 spiro atoms. The van der Waals surface area contributed by atoms with Crippen LogP contribution in [0.5, 0.6) is 0 Å². The molecule has 1 aromatic rings. The van der Waals surface area contributed by atoms with Crippen molar-refractivity contribution < 1.29 is 22.7 Å². The third-order valence-electron chi connectivity index (χ3n) is 1.81. The zero-order chi connectivity index (χ0) is 11.6. The lowest BCUT2D eigenvalue weighted by Gasteiger charge is -2.10. The van der Waals surface area contributed by atoms with Gasteiger partial charge in [-0.25, -0.2) is 4.39 Å². The van der Waals surface area contributed by atoms with E-state index in [0.717, 1.165) is 12.1 Å². The molecular formula is C9H5F4NO. The smallest absolute Gasteiger partial charge is 0.392 e. The van der Waals surface area contributed by atoms with Crippen molar-refractivity contribution >= 4 is 0 Å². The average Bonchev–Trinajstić information content (AvgIpc) is 2.15. The second-order valence-corrected chi connectivity index (χ2v) is 2.73. The molecule has 0 bridgehead atoms. The molecule has 0 aliphatic rings. The molecular weight excluding hydrogens is 214 g/mol. The number of nitrogens with zero attached hydrogens (tertiary/aromatic N) is 1. The fourth-order valence-electron chi connectivity index (χ4n) is 1.09. The summed E-state index contributed by atoms with van der Waals surface area (Å²) in [4.78, 5) is 0. The number of halogens is 4. The average molecular weight is 219 g/mol. The summed E-state index contributed by atoms with van der Waals surface area (Å²) in [6.07, 6.45) is -4.78. The highest BCUT2D eigenvalue weighted by atomic mass is 19.4. The summed E-state index contributed by atoms with van der Waals surface area (Å²) in [6.45, 7) is -0.751. The highest BCUT2D eigenvalue weighted by molar-refractivity contribution is 5.43. The van der Waals surface area contributed by atoms with Crippen molar-refractivity contribution in [2.75, 3.05) is 0 Å². The number of hydrogen-bond acceptors (Lipinski definition) is 2. The molecule has 1 rings (SSSR count). The summed E-state index contributed by atoms with van der Waals surface area (Å²) >= 11 is 0. The van der Waals surface area contributed by atoms with Gasteiger partial charge in [-0.15, -0.1) is 0 Å². The van der Waals surface area contributed by atoms with Gasteiger partial charge in [-0.2, -0.15) is 18.4 Å². The normalized spacial score (nSPS) is 11.2. The molecule has 0 aliphatic carbocycles. The van der Waals surface area contributed by atoms with Gasteiger partial charge in [0.15, 0.2) is 0 Å². The molecule has 6 heteroatoms. The van der Waals surface area contributed by atoms with Gasteiger partial charge < -0.3 is 5.11 Å². The van der Waals surface area contributed by atoms with Crippen LogP contribution in [0.15, 0.2) is 12.1 Å². The van der Waals surface area contributed by atoms with Crippen molar-refractivity contribution in [3.63, 3.8) is 0 Å². The van der Waals surface area contributed by atoms with Crippen molar-refractivity contribution in [3.8, 4) is 6.07 Å². The Hall–Kier alpha value is -1.61. The number of alkyl halides is 3. The van der Waals surface area contributed by atoms with Crippen LogP contribution in [0, 0.1) is 17.1 Å². The maximum absolute atomic E-state index is 13.2. The Bertz CT molecular complexity index is 419. The Labute approximate surface area is 82.4 Å². The van der Waals surface area contributed by atoms with Gasteiger partial charge in [0.2, 0.25) is 0 Å². The first kappa shape index (κ1) is 11.5. The van der Waals surface area contributed by atoms with Gasteiger partial charge in [-0.05, 0) is 6.07 Å². The van der Waals surface area contributed by atoms with Crippen molar-refractivity contribution in [1.82, 2.24) is 0 Å². The van der Waals surface area contributed by atoms with E-state index in [1.165, 1.54) is 0 Å². The van der Waals surface area contributed by atoms with Crippen LogP contribution in [-0.4, -0.2) is 5.11 Å². The van der Waals surface area contributed by atoms with E-state index < -0.39 is 29.7 Å². The fraction of sp³-hybridized carbons (Fsp3) is 0.222. The van der Waals surface area contributed by atoms with Gasteiger partial charge in [0.25, 0.3) is 0 Å². The Morgan fingerprint density at radius 1 is 1.33 bits per heavy atom. The summed E-state index contributed by atoms with van der Waals surface area (Å²) in [7, 11) is 0. The van der Waals surface area contributed by atoms with E-state index in [2.05, 4.69) is 0 Å². The molecule has 0 unspecified atom stereocenters. The van der Waals surface area contributed by atoms with Crippen molar-refractivity contribution in [3.05, 3.63) is 34.6 Å². The maximum Gasteiger partial charge on any atom is 0.417 e. The number of aliphatic hydroxyl groups excluding tert-OH is 1. The lowest BCUT2D eigenvalue weighted by molar-refractivity contribution is -0.138. The minimum Gasteiger partial charge on any atom is -0.392 e. The van der Waals surface area contributed by atoms with Gasteiger partial charge in [0.1, 0.15) is 17.4 Å². The van der Waals surface area contributed by atoms with E-state index >= 15 is 0 Å². The number of nitriles is 1. The second-order valence-electron chi connectivity index (χ2n) is 2.73. The molecule has 0 aromatic heterocycles. The van der Waals surface area contributed by atoms with Crippen LogP contribution in [0.4, 0.5) is 17.6 Å². The molecule has 15 heavy (non-hydrogen) atoms. The number of rotatable bonds is 1. The molecule has 0 saturated carbocycles. The highest BCUT2D eigenvalue weighted by Crippen LogP contribution is 2.33. The topological polar surface area (TPSA) is 44.0 Å². The minimum absolute atomic E-state index is 0.334. The molecule has 2 nitrogen and oxygen atoms in total. The van der Waals surface area contributed by atoms with Crippen molar-refractivity contribution in [1.29, 1.82) is 5.26 Å². The Morgan fingerprint density at radius 2 is 1.93 bits per heavy atom. The van der Waals surface area contributed by atoms with Crippen LogP contribution in [-0.2, 0) is 12.8 Å². The van der Waals surface area contributed by atoms with Crippen molar-refractivity contribution in [2.45, 2.75) is 12.8 Å². The van der Waals surface area contributed by atoms with E-state index in [-0.39, 0.29) is 5.56 Å².